The van der Waals surface area contributed by atoms with Crippen LogP contribution < -0.4 is 5.32 Å². The number of carbonyl (C=O) groups is 2. The van der Waals surface area contributed by atoms with Gasteiger partial charge in [0.05, 0.1) is 5.56 Å². The maximum absolute atomic E-state index is 11.8. The Bertz CT molecular complexity index is 496. The Labute approximate surface area is 129 Å². The number of carboxylic acids is 1. The second kappa shape index (κ2) is 8.79. The highest BCUT2D eigenvalue weighted by molar-refractivity contribution is 7.16. The van der Waals surface area contributed by atoms with Crippen molar-refractivity contribution in [3.63, 3.8) is 0 Å². The van der Waals surface area contributed by atoms with E-state index in [1.165, 1.54) is 11.3 Å². The summed E-state index contributed by atoms with van der Waals surface area (Å²) in [6.07, 6.45) is 3.75. The number of rotatable bonds is 9. The van der Waals surface area contributed by atoms with Crippen molar-refractivity contribution in [1.82, 2.24) is 0 Å². The Morgan fingerprint density at radius 3 is 2.57 bits per heavy atom. The van der Waals surface area contributed by atoms with Crippen LogP contribution in [0.25, 0.3) is 0 Å². The molecule has 6 heteroatoms. The molecular weight excluding hydrogens is 290 g/mol. The van der Waals surface area contributed by atoms with Gasteiger partial charge in [0.1, 0.15) is 11.6 Å². The van der Waals surface area contributed by atoms with E-state index in [0.29, 0.717) is 18.0 Å². The number of thiophene rings is 1. The van der Waals surface area contributed by atoms with Gasteiger partial charge in [-0.2, -0.15) is 0 Å². The zero-order valence-corrected chi connectivity index (χ0v) is 13.6. The topological polar surface area (TPSA) is 75.6 Å². The number of hydrogen-bond acceptors (Lipinski definition) is 4. The largest absolute Gasteiger partial charge is 0.478 e. The fourth-order valence-electron chi connectivity index (χ4n) is 2.10. The van der Waals surface area contributed by atoms with Crippen molar-refractivity contribution in [2.45, 2.75) is 46.5 Å². The molecule has 2 N–H and O–H groups in total. The van der Waals surface area contributed by atoms with Crippen LogP contribution in [-0.4, -0.2) is 30.2 Å². The average Bonchev–Trinajstić information content (AvgIpc) is 2.74. The highest BCUT2D eigenvalue weighted by Crippen LogP contribution is 2.33. The van der Waals surface area contributed by atoms with Gasteiger partial charge in [-0.3, -0.25) is 4.79 Å². The third-order valence-electron chi connectivity index (χ3n) is 3.15. The fourth-order valence-corrected chi connectivity index (χ4v) is 3.25. The summed E-state index contributed by atoms with van der Waals surface area (Å²) in [6.45, 7) is 6.39. The van der Waals surface area contributed by atoms with Gasteiger partial charge in [0, 0.05) is 11.5 Å². The molecule has 0 spiro atoms. The highest BCUT2D eigenvalue weighted by Gasteiger charge is 2.21. The molecule has 5 nitrogen and oxygen atoms in total. The van der Waals surface area contributed by atoms with E-state index in [9.17, 15) is 14.7 Å². The smallest absolute Gasteiger partial charge is 0.339 e. The van der Waals surface area contributed by atoms with Crippen LogP contribution in [0.15, 0.2) is 0 Å². The van der Waals surface area contributed by atoms with Gasteiger partial charge in [0.25, 0.3) is 5.91 Å². The monoisotopic (exact) mass is 313 g/mol. The second-order valence-corrected chi connectivity index (χ2v) is 6.03. The lowest BCUT2D eigenvalue weighted by Crippen LogP contribution is -2.19. The number of carbonyl (C=O) groups excluding carboxylic acids is 1. The second-order valence-electron chi connectivity index (χ2n) is 4.81. The molecule has 1 heterocycles. The lowest BCUT2D eigenvalue weighted by molar-refractivity contribution is -0.120. The Morgan fingerprint density at radius 2 is 2.00 bits per heavy atom. The van der Waals surface area contributed by atoms with Gasteiger partial charge in [-0.05, 0) is 25.3 Å². The molecule has 0 bridgehead atoms. The van der Waals surface area contributed by atoms with Crippen LogP contribution >= 0.6 is 11.3 Å². The Morgan fingerprint density at radius 1 is 1.29 bits per heavy atom. The summed E-state index contributed by atoms with van der Waals surface area (Å²) >= 11 is 1.30. The number of unbranched alkanes of at least 4 members (excludes halogenated alkanes) is 2. The Kier molecular flexibility index (Phi) is 7.39. The molecule has 0 saturated carbocycles. The summed E-state index contributed by atoms with van der Waals surface area (Å²) in [5.41, 5.74) is 0.992. The molecule has 0 fully saturated rings. The predicted molar refractivity (Wildman–Crippen MR) is 84.4 cm³/mol. The normalized spacial score (nSPS) is 10.6. The van der Waals surface area contributed by atoms with E-state index in [1.807, 2.05) is 13.8 Å². The van der Waals surface area contributed by atoms with E-state index in [4.69, 9.17) is 4.74 Å². The van der Waals surface area contributed by atoms with Crippen molar-refractivity contribution in [1.29, 1.82) is 0 Å². The van der Waals surface area contributed by atoms with Crippen LogP contribution in [0.3, 0.4) is 0 Å². The molecule has 0 saturated heterocycles. The molecule has 21 heavy (non-hydrogen) atoms. The highest BCUT2D eigenvalue weighted by atomic mass is 32.1. The summed E-state index contributed by atoms with van der Waals surface area (Å²) in [5, 5.41) is 12.4. The van der Waals surface area contributed by atoms with E-state index in [1.54, 1.807) is 0 Å². The molecule has 1 amide bonds. The van der Waals surface area contributed by atoms with Gasteiger partial charge in [-0.1, -0.05) is 26.7 Å². The first-order valence-corrected chi connectivity index (χ1v) is 8.06. The van der Waals surface area contributed by atoms with E-state index < -0.39 is 5.97 Å². The van der Waals surface area contributed by atoms with Gasteiger partial charge >= 0.3 is 5.97 Å². The number of hydrogen-bond donors (Lipinski definition) is 2. The Balaban J connectivity index is 2.62. The molecule has 0 unspecified atom stereocenters. The summed E-state index contributed by atoms with van der Waals surface area (Å²) in [6, 6.07) is 0. The van der Waals surface area contributed by atoms with Gasteiger partial charge < -0.3 is 15.2 Å². The standard InChI is InChI=1S/C15H23NO4S/c1-4-6-7-8-20-9-12(17)16-14-13(15(18)19)11(5-2)10(3)21-14/h4-9H2,1-3H3,(H,16,17)(H,18,19). The minimum Gasteiger partial charge on any atom is -0.478 e. The number of amides is 1. The van der Waals surface area contributed by atoms with Crippen LogP contribution in [0.4, 0.5) is 5.00 Å². The molecule has 1 aromatic heterocycles. The number of aromatic carboxylic acids is 1. The van der Waals surface area contributed by atoms with Crippen molar-refractivity contribution in [3.8, 4) is 0 Å². The fraction of sp³-hybridized carbons (Fsp3) is 0.600. The first-order chi connectivity index (χ1) is 10.0. The maximum atomic E-state index is 11.8. The van der Waals surface area contributed by atoms with Crippen LogP contribution in [0.2, 0.25) is 0 Å². The molecule has 0 aromatic carbocycles. The predicted octanol–water partition coefficient (Wildman–Crippen LogP) is 3.46. The van der Waals surface area contributed by atoms with E-state index in [0.717, 1.165) is 29.7 Å². The number of anilines is 1. The van der Waals surface area contributed by atoms with E-state index in [-0.39, 0.29) is 18.1 Å². The lowest BCUT2D eigenvalue weighted by Gasteiger charge is -2.06. The number of nitrogens with one attached hydrogen (secondary N) is 1. The van der Waals surface area contributed by atoms with E-state index in [2.05, 4.69) is 12.2 Å². The molecule has 1 rings (SSSR count). The molecule has 0 radical (unpaired) electrons. The quantitative estimate of drug-likeness (QED) is 0.685. The summed E-state index contributed by atoms with van der Waals surface area (Å²) in [4.78, 5) is 24.1. The molecule has 118 valence electrons. The zero-order chi connectivity index (χ0) is 15.8. The summed E-state index contributed by atoms with van der Waals surface area (Å²) < 4.78 is 5.28. The molecule has 0 atom stereocenters. The van der Waals surface area contributed by atoms with Gasteiger partial charge in [0.2, 0.25) is 0 Å². The van der Waals surface area contributed by atoms with Crippen LogP contribution in [0, 0.1) is 6.92 Å². The van der Waals surface area contributed by atoms with Crippen LogP contribution in [-0.2, 0) is 16.0 Å². The number of aryl methyl sites for hydroxylation is 1. The van der Waals surface area contributed by atoms with Crippen molar-refractivity contribution in [3.05, 3.63) is 16.0 Å². The SMILES string of the molecule is CCCCCOCC(=O)Nc1sc(C)c(CC)c1C(=O)O. The third-order valence-corrected chi connectivity index (χ3v) is 4.22. The van der Waals surface area contributed by atoms with E-state index >= 15 is 0 Å². The molecule has 0 aliphatic rings. The average molecular weight is 313 g/mol. The van der Waals surface area contributed by atoms with Crippen molar-refractivity contribution in [2.75, 3.05) is 18.5 Å². The zero-order valence-electron chi connectivity index (χ0n) is 12.8. The summed E-state index contributed by atoms with van der Waals surface area (Å²) in [7, 11) is 0. The third kappa shape index (κ3) is 5.13. The molecular formula is C15H23NO4S. The van der Waals surface area contributed by atoms with Crippen molar-refractivity contribution >= 4 is 28.2 Å². The minimum atomic E-state index is -1.00. The van der Waals surface area contributed by atoms with Crippen LogP contribution in [0.1, 0.15) is 53.9 Å². The first-order valence-electron chi connectivity index (χ1n) is 7.24. The molecule has 0 aliphatic heterocycles. The van der Waals surface area contributed by atoms with Crippen molar-refractivity contribution < 1.29 is 19.4 Å². The number of carboxylic acid groups (broad SMARTS) is 1. The minimum absolute atomic E-state index is 0.0405. The Hall–Kier alpha value is -1.40. The lowest BCUT2D eigenvalue weighted by atomic mass is 10.1. The molecule has 0 aliphatic carbocycles. The maximum Gasteiger partial charge on any atom is 0.339 e. The van der Waals surface area contributed by atoms with Crippen molar-refractivity contribution in [2.24, 2.45) is 0 Å². The van der Waals surface area contributed by atoms with Gasteiger partial charge in [-0.25, -0.2) is 4.79 Å². The first kappa shape index (κ1) is 17.7. The molecule has 1 aromatic rings. The van der Waals surface area contributed by atoms with Gasteiger partial charge in [0.15, 0.2) is 0 Å². The number of ether oxygens (including phenoxy) is 1. The van der Waals surface area contributed by atoms with Crippen LogP contribution in [0.5, 0.6) is 0 Å². The summed E-state index contributed by atoms with van der Waals surface area (Å²) in [5.74, 6) is -1.31. The van der Waals surface area contributed by atoms with Gasteiger partial charge in [-0.15, -0.1) is 11.3 Å².